The summed E-state index contributed by atoms with van der Waals surface area (Å²) in [5.41, 5.74) is 3.75. The van der Waals surface area contributed by atoms with E-state index in [0.29, 0.717) is 5.69 Å². The third-order valence-electron chi connectivity index (χ3n) is 4.44. The van der Waals surface area contributed by atoms with E-state index in [0.717, 1.165) is 30.4 Å². The average Bonchev–Trinajstić information content (AvgIpc) is 2.60. The first kappa shape index (κ1) is 19.9. The van der Waals surface area contributed by atoms with Gasteiger partial charge in [0.1, 0.15) is 0 Å². The molecule has 0 saturated heterocycles. The van der Waals surface area contributed by atoms with E-state index in [1.807, 2.05) is 48.5 Å². The molecule has 1 amide bonds. The van der Waals surface area contributed by atoms with Crippen LogP contribution in [-0.2, 0) is 27.8 Å². The summed E-state index contributed by atoms with van der Waals surface area (Å²) >= 11 is 0. The van der Waals surface area contributed by atoms with E-state index in [4.69, 9.17) is 0 Å². The predicted octanol–water partition coefficient (Wildman–Crippen LogP) is 5.08. The van der Waals surface area contributed by atoms with Crippen molar-refractivity contribution >= 4 is 17.4 Å². The van der Waals surface area contributed by atoms with E-state index in [1.54, 1.807) is 0 Å². The molecule has 0 aliphatic heterocycles. The van der Waals surface area contributed by atoms with Crippen LogP contribution in [0.4, 0.5) is 5.69 Å². The summed E-state index contributed by atoms with van der Waals surface area (Å²) < 4.78 is 0. The van der Waals surface area contributed by atoms with Crippen LogP contribution < -0.4 is 5.32 Å². The lowest BCUT2D eigenvalue weighted by Gasteiger charge is -2.22. The molecule has 0 fully saturated rings. The molecule has 0 saturated carbocycles. The third-order valence-corrected chi connectivity index (χ3v) is 4.44. The number of aryl methyl sites for hydroxylation is 1. The van der Waals surface area contributed by atoms with Crippen molar-refractivity contribution in [3.05, 3.63) is 65.2 Å². The van der Waals surface area contributed by atoms with Gasteiger partial charge in [-0.2, -0.15) is 0 Å². The highest BCUT2D eigenvalue weighted by Gasteiger charge is 2.21. The molecule has 0 aromatic heterocycles. The zero-order chi connectivity index (χ0) is 19.2. The van der Waals surface area contributed by atoms with Crippen molar-refractivity contribution in [3.8, 4) is 0 Å². The molecule has 3 nitrogen and oxygen atoms in total. The van der Waals surface area contributed by atoms with Gasteiger partial charge >= 0.3 is 0 Å². The number of carbonyl (C=O) groups excluding carboxylic acids is 2. The van der Waals surface area contributed by atoms with Crippen LogP contribution in [0.1, 0.15) is 57.2 Å². The summed E-state index contributed by atoms with van der Waals surface area (Å²) in [6.07, 6.45) is 3.50. The van der Waals surface area contributed by atoms with Gasteiger partial charge in [-0.25, -0.2) is 0 Å². The lowest BCUT2D eigenvalue weighted by molar-refractivity contribution is -0.134. The van der Waals surface area contributed by atoms with E-state index >= 15 is 0 Å². The molecule has 2 rings (SSSR count). The van der Waals surface area contributed by atoms with Gasteiger partial charge in [0.2, 0.25) is 5.78 Å². The van der Waals surface area contributed by atoms with Crippen LogP contribution in [0.25, 0.3) is 0 Å². The van der Waals surface area contributed by atoms with Crippen molar-refractivity contribution in [2.75, 3.05) is 5.32 Å². The van der Waals surface area contributed by atoms with E-state index in [9.17, 15) is 9.59 Å². The van der Waals surface area contributed by atoms with Crippen LogP contribution in [0.3, 0.4) is 0 Å². The van der Waals surface area contributed by atoms with E-state index < -0.39 is 11.7 Å². The zero-order valence-corrected chi connectivity index (χ0v) is 16.3. The molecule has 2 aromatic carbocycles. The Kier molecular flexibility index (Phi) is 6.73. The Balaban J connectivity index is 2.01. The summed E-state index contributed by atoms with van der Waals surface area (Å²) in [6.45, 7) is 8.42. The van der Waals surface area contributed by atoms with Gasteiger partial charge in [-0.3, -0.25) is 9.59 Å². The second-order valence-corrected chi connectivity index (χ2v) is 7.77. The number of unbranched alkanes of at least 4 members (excludes halogenated alkanes) is 1. The SMILES string of the molecule is CCCCc1ccc(CC(=O)C(=O)Nc2ccccc2C(C)(C)C)cc1. The number of nitrogens with one attached hydrogen (secondary N) is 1. The maximum atomic E-state index is 12.3. The second-order valence-electron chi connectivity index (χ2n) is 7.77. The molecule has 0 unspecified atom stereocenters. The van der Waals surface area contributed by atoms with Crippen molar-refractivity contribution in [3.63, 3.8) is 0 Å². The van der Waals surface area contributed by atoms with Crippen LogP contribution >= 0.6 is 0 Å². The summed E-state index contributed by atoms with van der Waals surface area (Å²) in [4.78, 5) is 24.7. The first-order chi connectivity index (χ1) is 12.3. The third kappa shape index (κ3) is 5.55. The van der Waals surface area contributed by atoms with Gasteiger partial charge < -0.3 is 5.32 Å². The van der Waals surface area contributed by atoms with Gasteiger partial charge in [-0.15, -0.1) is 0 Å². The number of hydrogen-bond acceptors (Lipinski definition) is 2. The van der Waals surface area contributed by atoms with Crippen molar-refractivity contribution in [2.45, 2.75) is 58.8 Å². The minimum Gasteiger partial charge on any atom is -0.319 e. The van der Waals surface area contributed by atoms with Crippen LogP contribution in [0.5, 0.6) is 0 Å². The largest absolute Gasteiger partial charge is 0.319 e. The fourth-order valence-electron chi connectivity index (χ4n) is 2.91. The lowest BCUT2D eigenvalue weighted by atomic mass is 9.86. The highest BCUT2D eigenvalue weighted by Crippen LogP contribution is 2.29. The minimum absolute atomic E-state index is 0.110. The minimum atomic E-state index is -0.559. The Morgan fingerprint density at radius 3 is 2.15 bits per heavy atom. The molecule has 0 atom stereocenters. The molecule has 0 spiro atoms. The molecule has 0 radical (unpaired) electrons. The maximum absolute atomic E-state index is 12.3. The normalized spacial score (nSPS) is 11.2. The number of anilines is 1. The van der Waals surface area contributed by atoms with Gasteiger partial charge in [0.15, 0.2) is 0 Å². The fraction of sp³-hybridized carbons (Fsp3) is 0.391. The van der Waals surface area contributed by atoms with E-state index in [-0.39, 0.29) is 11.8 Å². The Hall–Kier alpha value is -2.42. The summed E-state index contributed by atoms with van der Waals surface area (Å²) in [5, 5.41) is 2.79. The summed E-state index contributed by atoms with van der Waals surface area (Å²) in [7, 11) is 0. The quantitative estimate of drug-likeness (QED) is 0.707. The Labute approximate surface area is 156 Å². The fourth-order valence-corrected chi connectivity index (χ4v) is 2.91. The van der Waals surface area contributed by atoms with Gasteiger partial charge in [-0.1, -0.05) is 76.6 Å². The monoisotopic (exact) mass is 351 g/mol. The standard InChI is InChI=1S/C23H29NO2/c1-5-6-9-17-12-14-18(15-13-17)16-21(25)22(26)24-20-11-8-7-10-19(20)23(2,3)4/h7-8,10-15H,5-6,9,16H2,1-4H3,(H,24,26). The Morgan fingerprint density at radius 1 is 0.923 bits per heavy atom. The van der Waals surface area contributed by atoms with Crippen molar-refractivity contribution < 1.29 is 9.59 Å². The predicted molar refractivity (Wildman–Crippen MR) is 108 cm³/mol. The number of para-hydroxylation sites is 1. The number of ketones is 1. The van der Waals surface area contributed by atoms with Gasteiger partial charge in [0.25, 0.3) is 5.91 Å². The molecule has 0 heterocycles. The van der Waals surface area contributed by atoms with Crippen LogP contribution in [0.15, 0.2) is 48.5 Å². The number of rotatable bonds is 7. The smallest absolute Gasteiger partial charge is 0.292 e. The average molecular weight is 351 g/mol. The molecule has 26 heavy (non-hydrogen) atoms. The summed E-state index contributed by atoms with van der Waals surface area (Å²) in [5.74, 6) is -0.980. The van der Waals surface area contributed by atoms with E-state index in [1.165, 1.54) is 5.56 Å². The van der Waals surface area contributed by atoms with Crippen LogP contribution in [-0.4, -0.2) is 11.7 Å². The van der Waals surface area contributed by atoms with Crippen molar-refractivity contribution in [1.29, 1.82) is 0 Å². The molecule has 1 N–H and O–H groups in total. The topological polar surface area (TPSA) is 46.2 Å². The number of amides is 1. The number of benzene rings is 2. The molecular weight excluding hydrogens is 322 g/mol. The number of Topliss-reactive ketones (excluding diaryl/α,β-unsaturated/α-hetero) is 1. The number of carbonyl (C=O) groups is 2. The van der Waals surface area contributed by atoms with Crippen LogP contribution in [0, 0.1) is 0 Å². The highest BCUT2D eigenvalue weighted by atomic mass is 16.2. The molecule has 0 bridgehead atoms. The molecule has 2 aromatic rings. The van der Waals surface area contributed by atoms with Crippen molar-refractivity contribution in [2.24, 2.45) is 0 Å². The second kappa shape index (κ2) is 8.79. The molecule has 138 valence electrons. The first-order valence-corrected chi connectivity index (χ1v) is 9.32. The van der Waals surface area contributed by atoms with Gasteiger partial charge in [-0.05, 0) is 41.0 Å². The zero-order valence-electron chi connectivity index (χ0n) is 16.3. The number of hydrogen-bond donors (Lipinski definition) is 1. The Morgan fingerprint density at radius 2 is 1.54 bits per heavy atom. The highest BCUT2D eigenvalue weighted by molar-refractivity contribution is 6.41. The van der Waals surface area contributed by atoms with E-state index in [2.05, 4.69) is 33.0 Å². The molecule has 0 aliphatic carbocycles. The summed E-state index contributed by atoms with van der Waals surface area (Å²) in [6, 6.07) is 15.6. The first-order valence-electron chi connectivity index (χ1n) is 9.32. The Bertz CT molecular complexity index is 755. The maximum Gasteiger partial charge on any atom is 0.292 e. The lowest BCUT2D eigenvalue weighted by Crippen LogP contribution is -2.26. The molecular formula is C23H29NO2. The molecule has 0 aliphatic rings. The van der Waals surface area contributed by atoms with Crippen LogP contribution in [0.2, 0.25) is 0 Å². The van der Waals surface area contributed by atoms with Gasteiger partial charge in [0, 0.05) is 12.1 Å². The van der Waals surface area contributed by atoms with Gasteiger partial charge in [0.05, 0.1) is 0 Å². The molecule has 3 heteroatoms. The van der Waals surface area contributed by atoms with Crippen molar-refractivity contribution in [1.82, 2.24) is 0 Å².